The zero-order valence-electron chi connectivity index (χ0n) is 10.7. The van der Waals surface area contributed by atoms with Crippen LogP contribution in [0.5, 0.6) is 0 Å². The summed E-state index contributed by atoms with van der Waals surface area (Å²) in [6.45, 7) is 1.60. The Hall–Kier alpha value is -1.32. The quantitative estimate of drug-likeness (QED) is 0.778. The molecular weight excluding hydrogens is 230 g/mol. The maximum absolute atomic E-state index is 12.3. The Kier molecular flexibility index (Phi) is 4.39. The molecule has 0 radical (unpaired) electrons. The minimum absolute atomic E-state index is 0.142. The summed E-state index contributed by atoms with van der Waals surface area (Å²) in [5.41, 5.74) is 0. The van der Waals surface area contributed by atoms with Crippen LogP contribution in [0, 0.1) is 11.8 Å². The van der Waals surface area contributed by atoms with Gasteiger partial charge >= 0.3 is 5.97 Å². The number of carboxylic acids is 1. The number of amides is 1. The molecule has 1 aliphatic heterocycles. The summed E-state index contributed by atoms with van der Waals surface area (Å²) in [6, 6.07) is 0. The van der Waals surface area contributed by atoms with Crippen LogP contribution in [0.4, 0.5) is 0 Å². The molecule has 1 fully saturated rings. The molecule has 0 saturated carbocycles. The van der Waals surface area contributed by atoms with E-state index in [1.54, 1.807) is 0 Å². The van der Waals surface area contributed by atoms with Crippen LogP contribution in [0.25, 0.3) is 0 Å². The molecule has 1 aliphatic carbocycles. The van der Waals surface area contributed by atoms with E-state index in [9.17, 15) is 9.59 Å². The number of aliphatic carboxylic acids is 1. The second-order valence-electron chi connectivity index (χ2n) is 5.36. The van der Waals surface area contributed by atoms with E-state index in [1.165, 1.54) is 0 Å². The van der Waals surface area contributed by atoms with Gasteiger partial charge in [-0.2, -0.15) is 0 Å². The highest BCUT2D eigenvalue weighted by Gasteiger charge is 2.29. The molecule has 1 atom stereocenters. The fourth-order valence-electron chi connectivity index (χ4n) is 2.91. The molecule has 1 heterocycles. The maximum Gasteiger partial charge on any atom is 0.303 e. The monoisotopic (exact) mass is 251 g/mol. The predicted octanol–water partition coefficient (Wildman–Crippen LogP) is 2.06. The SMILES string of the molecule is O=C(O)CC[C@H]1CCCN(C(=O)C2CC=CC2)C1. The van der Waals surface area contributed by atoms with Gasteiger partial charge in [-0.15, -0.1) is 0 Å². The summed E-state index contributed by atoms with van der Waals surface area (Å²) < 4.78 is 0. The van der Waals surface area contributed by atoms with Crippen LogP contribution in [0.1, 0.15) is 38.5 Å². The number of piperidine rings is 1. The van der Waals surface area contributed by atoms with Crippen molar-refractivity contribution in [1.29, 1.82) is 0 Å². The smallest absolute Gasteiger partial charge is 0.303 e. The summed E-state index contributed by atoms with van der Waals surface area (Å²) >= 11 is 0. The van der Waals surface area contributed by atoms with E-state index in [-0.39, 0.29) is 18.2 Å². The summed E-state index contributed by atoms with van der Waals surface area (Å²) in [4.78, 5) is 24.8. The van der Waals surface area contributed by atoms with Crippen molar-refractivity contribution < 1.29 is 14.7 Å². The van der Waals surface area contributed by atoms with Crippen LogP contribution >= 0.6 is 0 Å². The molecule has 0 aromatic carbocycles. The van der Waals surface area contributed by atoms with Gasteiger partial charge in [-0.3, -0.25) is 9.59 Å². The van der Waals surface area contributed by atoms with Gasteiger partial charge in [-0.05, 0) is 38.0 Å². The van der Waals surface area contributed by atoms with Gasteiger partial charge in [0.2, 0.25) is 5.91 Å². The Labute approximate surface area is 108 Å². The minimum atomic E-state index is -0.738. The van der Waals surface area contributed by atoms with Gasteiger partial charge in [0.05, 0.1) is 0 Å². The predicted molar refractivity (Wildman–Crippen MR) is 68.0 cm³/mol. The molecule has 2 rings (SSSR count). The third-order valence-corrected chi connectivity index (χ3v) is 3.95. The van der Waals surface area contributed by atoms with Crippen LogP contribution in [-0.4, -0.2) is 35.0 Å². The lowest BCUT2D eigenvalue weighted by atomic mass is 9.92. The van der Waals surface area contributed by atoms with Crippen LogP contribution in [0.2, 0.25) is 0 Å². The van der Waals surface area contributed by atoms with E-state index in [0.717, 1.165) is 38.8 Å². The lowest BCUT2D eigenvalue weighted by Gasteiger charge is -2.34. The molecule has 0 spiro atoms. The fraction of sp³-hybridized carbons (Fsp3) is 0.714. The molecule has 0 aromatic heterocycles. The van der Waals surface area contributed by atoms with E-state index in [0.29, 0.717) is 12.3 Å². The summed E-state index contributed by atoms with van der Waals surface area (Å²) in [7, 11) is 0. The second-order valence-corrected chi connectivity index (χ2v) is 5.36. The fourth-order valence-corrected chi connectivity index (χ4v) is 2.91. The topological polar surface area (TPSA) is 57.6 Å². The zero-order valence-corrected chi connectivity index (χ0v) is 10.7. The van der Waals surface area contributed by atoms with Crippen molar-refractivity contribution in [3.8, 4) is 0 Å². The van der Waals surface area contributed by atoms with Crippen molar-refractivity contribution >= 4 is 11.9 Å². The molecule has 1 amide bonds. The molecular formula is C14H21NO3. The highest BCUT2D eigenvalue weighted by atomic mass is 16.4. The first-order chi connectivity index (χ1) is 8.66. The third-order valence-electron chi connectivity index (χ3n) is 3.95. The molecule has 0 aromatic rings. The molecule has 1 saturated heterocycles. The highest BCUT2D eigenvalue weighted by Crippen LogP contribution is 2.26. The Balaban J connectivity index is 1.82. The summed E-state index contributed by atoms with van der Waals surface area (Å²) in [5.74, 6) is 0.0369. The normalized spacial score (nSPS) is 24.4. The number of carboxylic acid groups (broad SMARTS) is 1. The van der Waals surface area contributed by atoms with E-state index in [1.807, 2.05) is 4.90 Å². The number of allylic oxidation sites excluding steroid dienone is 2. The van der Waals surface area contributed by atoms with Gasteiger partial charge in [0.1, 0.15) is 0 Å². The van der Waals surface area contributed by atoms with E-state index in [4.69, 9.17) is 5.11 Å². The average Bonchev–Trinajstić information content (AvgIpc) is 2.89. The maximum atomic E-state index is 12.3. The number of carbonyl (C=O) groups is 2. The molecule has 4 nitrogen and oxygen atoms in total. The van der Waals surface area contributed by atoms with Crippen LogP contribution in [-0.2, 0) is 9.59 Å². The second kappa shape index (κ2) is 6.03. The van der Waals surface area contributed by atoms with Gasteiger partial charge in [0, 0.05) is 25.4 Å². The van der Waals surface area contributed by atoms with E-state index < -0.39 is 5.97 Å². The number of rotatable bonds is 4. The molecule has 100 valence electrons. The largest absolute Gasteiger partial charge is 0.481 e. The first-order valence-corrected chi connectivity index (χ1v) is 6.82. The van der Waals surface area contributed by atoms with Gasteiger partial charge in [-0.25, -0.2) is 0 Å². The molecule has 2 aliphatic rings. The molecule has 1 N–H and O–H groups in total. The van der Waals surface area contributed by atoms with Gasteiger partial charge in [0.25, 0.3) is 0 Å². The minimum Gasteiger partial charge on any atom is -0.481 e. The lowest BCUT2D eigenvalue weighted by molar-refractivity contribution is -0.138. The Morgan fingerprint density at radius 3 is 2.67 bits per heavy atom. The van der Waals surface area contributed by atoms with Crippen LogP contribution < -0.4 is 0 Å². The number of hydrogen-bond donors (Lipinski definition) is 1. The first-order valence-electron chi connectivity index (χ1n) is 6.82. The van der Waals surface area contributed by atoms with Crippen molar-refractivity contribution in [2.45, 2.75) is 38.5 Å². The third kappa shape index (κ3) is 3.34. The number of likely N-dealkylation sites (tertiary alicyclic amines) is 1. The highest BCUT2D eigenvalue weighted by molar-refractivity contribution is 5.79. The molecule has 0 unspecified atom stereocenters. The standard InChI is InChI=1S/C14H21NO3/c16-13(17)8-7-11-4-3-9-15(10-11)14(18)12-5-1-2-6-12/h1-2,11-12H,3-10H2,(H,16,17)/t11-/m1/s1. The number of carbonyl (C=O) groups excluding carboxylic acids is 1. The Morgan fingerprint density at radius 2 is 2.00 bits per heavy atom. The zero-order chi connectivity index (χ0) is 13.0. The van der Waals surface area contributed by atoms with Crippen LogP contribution in [0.15, 0.2) is 12.2 Å². The Bertz CT molecular complexity index is 343. The number of hydrogen-bond acceptors (Lipinski definition) is 2. The van der Waals surface area contributed by atoms with Crippen LogP contribution in [0.3, 0.4) is 0 Å². The number of nitrogens with zero attached hydrogens (tertiary/aromatic N) is 1. The summed E-state index contributed by atoms with van der Waals surface area (Å²) in [5, 5.41) is 8.70. The van der Waals surface area contributed by atoms with Gasteiger partial charge in [0.15, 0.2) is 0 Å². The van der Waals surface area contributed by atoms with Crippen molar-refractivity contribution in [2.75, 3.05) is 13.1 Å². The molecule has 0 bridgehead atoms. The molecule has 18 heavy (non-hydrogen) atoms. The average molecular weight is 251 g/mol. The van der Waals surface area contributed by atoms with Crippen molar-refractivity contribution in [3.05, 3.63) is 12.2 Å². The van der Waals surface area contributed by atoms with Crippen molar-refractivity contribution in [1.82, 2.24) is 4.90 Å². The first kappa shape index (κ1) is 13.1. The summed E-state index contributed by atoms with van der Waals surface area (Å²) in [6.07, 6.45) is 8.88. The van der Waals surface area contributed by atoms with E-state index >= 15 is 0 Å². The Morgan fingerprint density at radius 1 is 1.28 bits per heavy atom. The van der Waals surface area contributed by atoms with E-state index in [2.05, 4.69) is 12.2 Å². The van der Waals surface area contributed by atoms with Crippen molar-refractivity contribution in [3.63, 3.8) is 0 Å². The van der Waals surface area contributed by atoms with Gasteiger partial charge < -0.3 is 10.0 Å². The van der Waals surface area contributed by atoms with Gasteiger partial charge in [-0.1, -0.05) is 12.2 Å². The lowest BCUT2D eigenvalue weighted by Crippen LogP contribution is -2.42. The van der Waals surface area contributed by atoms with Crippen molar-refractivity contribution in [2.24, 2.45) is 11.8 Å². The molecule has 4 heteroatoms.